The van der Waals surface area contributed by atoms with Crippen molar-refractivity contribution in [3.63, 3.8) is 0 Å². The molecule has 0 aliphatic rings. The number of pyridine rings is 2. The number of hydrogen-bond acceptors (Lipinski definition) is 7. The van der Waals surface area contributed by atoms with Crippen LogP contribution in [0.25, 0.3) is 11.3 Å². The molecule has 3 aromatic heterocycles. The molecule has 3 heterocycles. The maximum absolute atomic E-state index is 11.8. The van der Waals surface area contributed by atoms with Crippen molar-refractivity contribution < 1.29 is 13.2 Å². The van der Waals surface area contributed by atoms with Crippen LogP contribution < -0.4 is 10.6 Å². The molecule has 0 fully saturated rings. The number of hydrogen-bond donors (Lipinski definition) is 2. The quantitative estimate of drug-likeness (QED) is 0.636. The van der Waals surface area contributed by atoms with Crippen LogP contribution in [0.5, 0.6) is 0 Å². The molecule has 0 atom stereocenters. The average Bonchev–Trinajstić information content (AvgIpc) is 3.11. The predicted molar refractivity (Wildman–Crippen MR) is 111 cm³/mol. The number of nitrogens with zero attached hydrogens (tertiary/aromatic N) is 4. The molecule has 3 aromatic rings. The summed E-state index contributed by atoms with van der Waals surface area (Å²) in [6, 6.07) is 8.40. The van der Waals surface area contributed by atoms with Gasteiger partial charge in [-0.2, -0.15) is 5.10 Å². The van der Waals surface area contributed by atoms with Crippen LogP contribution in [-0.2, 0) is 14.6 Å². The van der Waals surface area contributed by atoms with Gasteiger partial charge in [0.2, 0.25) is 5.91 Å². The summed E-state index contributed by atoms with van der Waals surface area (Å²) in [4.78, 5) is 19.8. The lowest BCUT2D eigenvalue weighted by Crippen LogP contribution is -2.09. The molecule has 29 heavy (non-hydrogen) atoms. The minimum atomic E-state index is -3.45. The fourth-order valence-electron chi connectivity index (χ4n) is 2.61. The Morgan fingerprint density at radius 3 is 2.55 bits per heavy atom. The lowest BCUT2D eigenvalue weighted by Gasteiger charge is -2.13. The van der Waals surface area contributed by atoms with E-state index in [9.17, 15) is 13.2 Å². The fourth-order valence-corrected chi connectivity index (χ4v) is 3.20. The number of carbonyl (C=O) groups excluding carboxylic acids is 1. The van der Waals surface area contributed by atoms with Crippen molar-refractivity contribution in [3.8, 4) is 11.3 Å². The Labute approximate surface area is 169 Å². The smallest absolute Gasteiger partial charge is 0.222 e. The Hall–Kier alpha value is -3.27. The van der Waals surface area contributed by atoms with Gasteiger partial charge in [-0.15, -0.1) is 0 Å². The van der Waals surface area contributed by atoms with E-state index in [0.717, 1.165) is 6.26 Å². The van der Waals surface area contributed by atoms with Gasteiger partial charge in [0.05, 0.1) is 11.4 Å². The molecule has 9 nitrogen and oxygen atoms in total. The zero-order valence-corrected chi connectivity index (χ0v) is 17.4. The van der Waals surface area contributed by atoms with E-state index in [1.54, 1.807) is 24.4 Å². The topological polar surface area (TPSA) is 119 Å². The van der Waals surface area contributed by atoms with Gasteiger partial charge in [0, 0.05) is 43.2 Å². The first-order valence-corrected chi connectivity index (χ1v) is 10.8. The van der Waals surface area contributed by atoms with E-state index in [4.69, 9.17) is 0 Å². The van der Waals surface area contributed by atoms with Gasteiger partial charge in [-0.3, -0.25) is 9.48 Å². The Bertz CT molecular complexity index is 1150. The van der Waals surface area contributed by atoms with Gasteiger partial charge in [-0.1, -0.05) is 6.07 Å². The largest absolute Gasteiger partial charge is 0.339 e. The Morgan fingerprint density at radius 2 is 1.93 bits per heavy atom. The highest BCUT2D eigenvalue weighted by atomic mass is 32.2. The van der Waals surface area contributed by atoms with Crippen molar-refractivity contribution in [2.24, 2.45) is 0 Å². The zero-order valence-electron chi connectivity index (χ0n) is 16.5. The maximum Gasteiger partial charge on any atom is 0.222 e. The second-order valence-electron chi connectivity index (χ2n) is 6.83. The van der Waals surface area contributed by atoms with Crippen LogP contribution in [0.1, 0.15) is 26.8 Å². The molecule has 0 bridgehead atoms. The van der Waals surface area contributed by atoms with Crippen molar-refractivity contribution in [1.29, 1.82) is 0 Å². The molecular weight excluding hydrogens is 392 g/mol. The first kappa shape index (κ1) is 20.5. The van der Waals surface area contributed by atoms with Crippen LogP contribution >= 0.6 is 0 Å². The van der Waals surface area contributed by atoms with Crippen LogP contribution in [0.2, 0.25) is 0 Å². The van der Waals surface area contributed by atoms with Crippen LogP contribution in [-0.4, -0.2) is 40.3 Å². The molecule has 10 heteroatoms. The predicted octanol–water partition coefficient (Wildman–Crippen LogP) is 3.03. The molecule has 3 rings (SSSR count). The van der Waals surface area contributed by atoms with Crippen molar-refractivity contribution in [3.05, 3.63) is 42.7 Å². The first-order chi connectivity index (χ1) is 13.6. The summed E-state index contributed by atoms with van der Waals surface area (Å²) in [5.41, 5.74) is 1.95. The summed E-state index contributed by atoms with van der Waals surface area (Å²) in [6.07, 6.45) is 4.57. The summed E-state index contributed by atoms with van der Waals surface area (Å²) < 4.78 is 25.4. The van der Waals surface area contributed by atoms with E-state index in [0.29, 0.717) is 28.6 Å². The lowest BCUT2D eigenvalue weighted by atomic mass is 10.1. The number of aromatic nitrogens is 4. The molecule has 0 spiro atoms. The normalized spacial score (nSPS) is 11.5. The van der Waals surface area contributed by atoms with Gasteiger partial charge in [0.1, 0.15) is 11.6 Å². The van der Waals surface area contributed by atoms with Gasteiger partial charge in [-0.05, 0) is 32.0 Å². The molecule has 0 unspecified atom stereocenters. The van der Waals surface area contributed by atoms with E-state index in [1.165, 1.54) is 13.0 Å². The number of anilines is 3. The lowest BCUT2D eigenvalue weighted by molar-refractivity contribution is -0.114. The van der Waals surface area contributed by atoms with Gasteiger partial charge in [-0.25, -0.2) is 18.4 Å². The standard InChI is InChI=1S/C19H22N6O3S/c1-12(2)25-9-8-15(24-25)14-11-20-18(21-13(3)26)10-16(14)22-17-6-5-7-19(23-17)29(4,27)28/h5-12H,1-4H3,(H2,20,21,22,23,26). The summed E-state index contributed by atoms with van der Waals surface area (Å²) in [5, 5.41) is 10.3. The second kappa shape index (κ2) is 8.00. The van der Waals surface area contributed by atoms with Gasteiger partial charge >= 0.3 is 0 Å². The molecule has 1 amide bonds. The molecule has 0 saturated heterocycles. The summed E-state index contributed by atoms with van der Waals surface area (Å²) in [7, 11) is -3.45. The number of rotatable bonds is 6. The highest BCUT2D eigenvalue weighted by Crippen LogP contribution is 2.31. The van der Waals surface area contributed by atoms with E-state index in [1.807, 2.05) is 30.8 Å². The Kier molecular flexibility index (Phi) is 5.64. The highest BCUT2D eigenvalue weighted by Gasteiger charge is 2.14. The van der Waals surface area contributed by atoms with Gasteiger partial charge < -0.3 is 10.6 Å². The van der Waals surface area contributed by atoms with Crippen molar-refractivity contribution in [1.82, 2.24) is 19.7 Å². The maximum atomic E-state index is 11.8. The summed E-state index contributed by atoms with van der Waals surface area (Å²) in [5.74, 6) is 0.446. The molecule has 0 aliphatic carbocycles. The van der Waals surface area contributed by atoms with Crippen LogP contribution in [0, 0.1) is 0 Å². The number of sulfone groups is 1. The van der Waals surface area contributed by atoms with Crippen LogP contribution in [0.15, 0.2) is 47.8 Å². The van der Waals surface area contributed by atoms with Gasteiger partial charge in [0.15, 0.2) is 14.9 Å². The minimum Gasteiger partial charge on any atom is -0.339 e. The van der Waals surface area contributed by atoms with Crippen molar-refractivity contribution in [2.45, 2.75) is 31.8 Å². The van der Waals surface area contributed by atoms with Crippen molar-refractivity contribution in [2.75, 3.05) is 16.9 Å². The molecule has 0 saturated carbocycles. The Balaban J connectivity index is 2.05. The number of amides is 1. The molecule has 2 N–H and O–H groups in total. The van der Waals surface area contributed by atoms with E-state index < -0.39 is 9.84 Å². The third-order valence-corrected chi connectivity index (χ3v) is 4.97. The molecule has 0 radical (unpaired) electrons. The molecule has 0 aromatic carbocycles. The highest BCUT2D eigenvalue weighted by molar-refractivity contribution is 7.90. The van der Waals surface area contributed by atoms with Crippen molar-refractivity contribution >= 4 is 33.1 Å². The third-order valence-electron chi connectivity index (χ3n) is 3.99. The molecular formula is C19H22N6O3S. The SMILES string of the molecule is CC(=O)Nc1cc(Nc2cccc(S(C)(=O)=O)n2)c(-c2ccn(C(C)C)n2)cn1. The fraction of sp³-hybridized carbons (Fsp3) is 0.263. The van der Waals surface area contributed by atoms with E-state index >= 15 is 0 Å². The average molecular weight is 414 g/mol. The molecule has 152 valence electrons. The van der Waals surface area contributed by atoms with Gasteiger partial charge in [0.25, 0.3) is 0 Å². The van der Waals surface area contributed by atoms with E-state index in [2.05, 4.69) is 25.7 Å². The summed E-state index contributed by atoms with van der Waals surface area (Å²) in [6.45, 7) is 5.44. The third kappa shape index (κ3) is 4.96. The first-order valence-electron chi connectivity index (χ1n) is 8.91. The number of nitrogens with one attached hydrogen (secondary N) is 2. The number of carbonyl (C=O) groups is 1. The minimum absolute atomic E-state index is 0.0377. The Morgan fingerprint density at radius 1 is 1.17 bits per heavy atom. The van der Waals surface area contributed by atoms with Crippen LogP contribution in [0.3, 0.4) is 0 Å². The second-order valence-corrected chi connectivity index (χ2v) is 8.79. The van der Waals surface area contributed by atoms with E-state index in [-0.39, 0.29) is 17.0 Å². The monoisotopic (exact) mass is 414 g/mol. The molecule has 0 aliphatic heterocycles. The van der Waals surface area contributed by atoms with Crippen LogP contribution in [0.4, 0.5) is 17.3 Å². The summed E-state index contributed by atoms with van der Waals surface area (Å²) >= 11 is 0. The zero-order chi connectivity index (χ0) is 21.2.